The summed E-state index contributed by atoms with van der Waals surface area (Å²) in [7, 11) is -3.26. The average molecular weight is 340 g/mol. The molecular formula is C16H24N2O4S. The van der Waals surface area contributed by atoms with Crippen molar-refractivity contribution in [3.8, 4) is 0 Å². The summed E-state index contributed by atoms with van der Waals surface area (Å²) < 4.78 is 29.4. The zero-order valence-electron chi connectivity index (χ0n) is 13.1. The number of sulfone groups is 1. The highest BCUT2D eigenvalue weighted by molar-refractivity contribution is 7.90. The second-order valence-electron chi connectivity index (χ2n) is 5.84. The largest absolute Gasteiger partial charge is 0.381 e. The van der Waals surface area contributed by atoms with Crippen molar-refractivity contribution in [1.82, 2.24) is 5.32 Å². The SMILES string of the molecule is NC(C(=O)NCCS(=O)(=O)Cc1ccccc1)C1CCOCC1. The van der Waals surface area contributed by atoms with Crippen LogP contribution >= 0.6 is 0 Å². The molecule has 1 atom stereocenters. The zero-order valence-corrected chi connectivity index (χ0v) is 13.9. The summed E-state index contributed by atoms with van der Waals surface area (Å²) in [6.07, 6.45) is 1.53. The Labute approximate surface area is 137 Å². The van der Waals surface area contributed by atoms with E-state index >= 15 is 0 Å². The molecule has 23 heavy (non-hydrogen) atoms. The standard InChI is InChI=1S/C16H24N2O4S/c17-15(14-6-9-22-10-7-14)16(19)18-8-11-23(20,21)12-13-4-2-1-3-5-13/h1-5,14-15H,6-12,17H2,(H,18,19). The molecule has 0 radical (unpaired) electrons. The van der Waals surface area contributed by atoms with Crippen LogP contribution in [0.3, 0.4) is 0 Å². The molecule has 1 aliphatic heterocycles. The predicted octanol–water partition coefficient (Wildman–Crippen LogP) is 0.471. The van der Waals surface area contributed by atoms with Gasteiger partial charge in [-0.3, -0.25) is 4.79 Å². The van der Waals surface area contributed by atoms with Gasteiger partial charge in [-0.25, -0.2) is 8.42 Å². The van der Waals surface area contributed by atoms with E-state index in [1.54, 1.807) is 24.3 Å². The fourth-order valence-electron chi connectivity index (χ4n) is 2.64. The van der Waals surface area contributed by atoms with Gasteiger partial charge in [-0.1, -0.05) is 30.3 Å². The Morgan fingerprint density at radius 2 is 1.91 bits per heavy atom. The van der Waals surface area contributed by atoms with Crippen molar-refractivity contribution < 1.29 is 17.9 Å². The first kappa shape index (κ1) is 17.9. The van der Waals surface area contributed by atoms with Gasteiger partial charge in [0.2, 0.25) is 5.91 Å². The highest BCUT2D eigenvalue weighted by atomic mass is 32.2. The molecule has 1 amide bonds. The van der Waals surface area contributed by atoms with Gasteiger partial charge in [-0.15, -0.1) is 0 Å². The molecule has 1 unspecified atom stereocenters. The van der Waals surface area contributed by atoms with Crippen LogP contribution in [-0.2, 0) is 25.1 Å². The Hall–Kier alpha value is -1.44. The van der Waals surface area contributed by atoms with Gasteiger partial charge in [0, 0.05) is 19.8 Å². The van der Waals surface area contributed by atoms with Crippen LogP contribution in [0.15, 0.2) is 30.3 Å². The highest BCUT2D eigenvalue weighted by Crippen LogP contribution is 2.17. The molecule has 0 bridgehead atoms. The fraction of sp³-hybridized carbons (Fsp3) is 0.562. The van der Waals surface area contributed by atoms with E-state index in [4.69, 9.17) is 10.5 Å². The quantitative estimate of drug-likeness (QED) is 0.752. The summed E-state index contributed by atoms with van der Waals surface area (Å²) in [5, 5.41) is 2.64. The maximum atomic E-state index is 12.1. The van der Waals surface area contributed by atoms with Crippen LogP contribution < -0.4 is 11.1 Å². The maximum Gasteiger partial charge on any atom is 0.237 e. The number of ether oxygens (including phenoxy) is 1. The van der Waals surface area contributed by atoms with Crippen molar-refractivity contribution in [2.75, 3.05) is 25.5 Å². The number of carbonyl (C=O) groups excluding carboxylic acids is 1. The molecule has 1 aromatic carbocycles. The molecular weight excluding hydrogens is 316 g/mol. The van der Waals surface area contributed by atoms with Crippen molar-refractivity contribution in [2.45, 2.75) is 24.6 Å². The summed E-state index contributed by atoms with van der Waals surface area (Å²) in [5.41, 5.74) is 6.70. The normalized spacial score (nSPS) is 17.6. The van der Waals surface area contributed by atoms with Gasteiger partial charge >= 0.3 is 0 Å². The average Bonchev–Trinajstić information content (AvgIpc) is 2.55. The van der Waals surface area contributed by atoms with Gasteiger partial charge in [0.15, 0.2) is 9.84 Å². The molecule has 1 fully saturated rings. The number of amides is 1. The van der Waals surface area contributed by atoms with Gasteiger partial charge in [-0.05, 0) is 24.3 Å². The molecule has 7 heteroatoms. The molecule has 2 rings (SSSR count). The zero-order chi connectivity index (χ0) is 16.7. The number of carbonyl (C=O) groups is 1. The second-order valence-corrected chi connectivity index (χ2v) is 8.03. The van der Waals surface area contributed by atoms with Crippen LogP contribution in [0, 0.1) is 5.92 Å². The third kappa shape index (κ3) is 5.93. The van der Waals surface area contributed by atoms with E-state index < -0.39 is 15.9 Å². The third-order valence-electron chi connectivity index (χ3n) is 4.02. The monoisotopic (exact) mass is 340 g/mol. The van der Waals surface area contributed by atoms with Crippen LogP contribution in [0.4, 0.5) is 0 Å². The Bertz CT molecular complexity index is 598. The topological polar surface area (TPSA) is 98.5 Å². The van der Waals surface area contributed by atoms with Crippen LogP contribution in [0.2, 0.25) is 0 Å². The van der Waals surface area contributed by atoms with E-state index in [2.05, 4.69) is 5.32 Å². The third-order valence-corrected chi connectivity index (χ3v) is 5.62. The molecule has 1 aliphatic rings. The minimum Gasteiger partial charge on any atom is -0.381 e. The molecule has 128 valence electrons. The van der Waals surface area contributed by atoms with Crippen molar-refractivity contribution in [1.29, 1.82) is 0 Å². The number of benzene rings is 1. The first-order valence-electron chi connectivity index (χ1n) is 7.83. The van der Waals surface area contributed by atoms with E-state index in [0.717, 1.165) is 18.4 Å². The van der Waals surface area contributed by atoms with E-state index in [1.807, 2.05) is 6.07 Å². The first-order valence-corrected chi connectivity index (χ1v) is 9.65. The van der Waals surface area contributed by atoms with Gasteiger partial charge in [-0.2, -0.15) is 0 Å². The maximum absolute atomic E-state index is 12.1. The van der Waals surface area contributed by atoms with E-state index in [9.17, 15) is 13.2 Å². The summed E-state index contributed by atoms with van der Waals surface area (Å²) in [5.74, 6) is -0.291. The molecule has 6 nitrogen and oxygen atoms in total. The Morgan fingerprint density at radius 1 is 1.26 bits per heavy atom. The van der Waals surface area contributed by atoms with Crippen LogP contribution in [0.25, 0.3) is 0 Å². The molecule has 0 saturated carbocycles. The number of nitrogens with two attached hydrogens (primary N) is 1. The smallest absolute Gasteiger partial charge is 0.237 e. The van der Waals surface area contributed by atoms with E-state index in [0.29, 0.717) is 13.2 Å². The van der Waals surface area contributed by atoms with Crippen molar-refractivity contribution in [3.63, 3.8) is 0 Å². The first-order chi connectivity index (χ1) is 11.0. The number of hydrogen-bond acceptors (Lipinski definition) is 5. The minimum atomic E-state index is -3.26. The number of hydrogen-bond donors (Lipinski definition) is 2. The lowest BCUT2D eigenvalue weighted by molar-refractivity contribution is -0.124. The lowest BCUT2D eigenvalue weighted by atomic mass is 9.92. The molecule has 0 spiro atoms. The summed E-state index contributed by atoms with van der Waals surface area (Å²) in [6.45, 7) is 1.33. The Kier molecular flexibility index (Phi) is 6.56. The van der Waals surface area contributed by atoms with Crippen molar-refractivity contribution >= 4 is 15.7 Å². The summed E-state index contributed by atoms with van der Waals surface area (Å²) in [6, 6.07) is 8.40. The molecule has 1 aromatic rings. The Morgan fingerprint density at radius 3 is 2.57 bits per heavy atom. The number of rotatable bonds is 7. The lowest BCUT2D eigenvalue weighted by Crippen LogP contribution is -2.48. The molecule has 1 saturated heterocycles. The highest BCUT2D eigenvalue weighted by Gasteiger charge is 2.26. The van der Waals surface area contributed by atoms with Crippen molar-refractivity contribution in [2.24, 2.45) is 11.7 Å². The summed E-state index contributed by atoms with van der Waals surface area (Å²) >= 11 is 0. The van der Waals surface area contributed by atoms with Gasteiger partial charge in [0.05, 0.1) is 17.5 Å². The second kappa shape index (κ2) is 8.42. The molecule has 0 aliphatic carbocycles. The van der Waals surface area contributed by atoms with Crippen molar-refractivity contribution in [3.05, 3.63) is 35.9 Å². The number of nitrogens with one attached hydrogen (secondary N) is 1. The van der Waals surface area contributed by atoms with Gasteiger partial charge < -0.3 is 15.8 Å². The summed E-state index contributed by atoms with van der Waals surface area (Å²) in [4.78, 5) is 12.0. The van der Waals surface area contributed by atoms with Gasteiger partial charge in [0.1, 0.15) is 0 Å². The Balaban J connectivity index is 1.75. The van der Waals surface area contributed by atoms with E-state index in [-0.39, 0.29) is 29.9 Å². The van der Waals surface area contributed by atoms with Crippen LogP contribution in [0.5, 0.6) is 0 Å². The molecule has 3 N–H and O–H groups in total. The van der Waals surface area contributed by atoms with E-state index in [1.165, 1.54) is 0 Å². The lowest BCUT2D eigenvalue weighted by Gasteiger charge is -2.26. The van der Waals surface area contributed by atoms with Crippen LogP contribution in [0.1, 0.15) is 18.4 Å². The fourth-order valence-corrected chi connectivity index (χ4v) is 3.89. The predicted molar refractivity (Wildman–Crippen MR) is 88.5 cm³/mol. The molecule has 1 heterocycles. The van der Waals surface area contributed by atoms with Crippen LogP contribution in [-0.4, -0.2) is 45.9 Å². The molecule has 0 aromatic heterocycles. The minimum absolute atomic E-state index is 0.0181. The van der Waals surface area contributed by atoms with Gasteiger partial charge in [0.25, 0.3) is 0 Å².